The van der Waals surface area contributed by atoms with Crippen molar-refractivity contribution in [1.82, 2.24) is 0 Å². The number of carbonyl (C=O) groups is 3. The molecule has 0 heterocycles. The topological polar surface area (TPSA) is 268 Å². The van der Waals surface area contributed by atoms with E-state index in [4.69, 9.17) is 29.5 Å². The third kappa shape index (κ3) is 270. The summed E-state index contributed by atoms with van der Waals surface area (Å²) < 4.78 is 0. The lowest BCUT2D eigenvalue weighted by Crippen LogP contribution is -2.18. The summed E-state index contributed by atoms with van der Waals surface area (Å²) in [6.45, 7) is 0. The number of rotatable bonds is 0. The van der Waals surface area contributed by atoms with E-state index in [1.807, 2.05) is 0 Å². The van der Waals surface area contributed by atoms with E-state index in [0.29, 0.717) is 0 Å². The second-order valence-electron chi connectivity index (χ2n) is 1.55. The molecule has 13 heteroatoms. The molecule has 0 atom stereocenters. The van der Waals surface area contributed by atoms with Gasteiger partial charge in [0.1, 0.15) is 0 Å². The fraction of sp³-hybridized carbons (Fsp3) is 0. The first-order valence-electron chi connectivity index (χ1n) is 3.12. The van der Waals surface area contributed by atoms with Gasteiger partial charge in [-0.25, -0.2) is 14.4 Å². The Morgan fingerprint density at radius 3 is 0.625 bits per heavy atom. The summed E-state index contributed by atoms with van der Waals surface area (Å²) in [6, 6.07) is -2.50. The first kappa shape index (κ1) is 23.5. The van der Waals surface area contributed by atoms with E-state index in [1.54, 1.807) is 0 Å². The van der Waals surface area contributed by atoms with Crippen molar-refractivity contribution < 1.29 is 29.5 Å². The minimum Gasteiger partial charge on any atom is -0.402 e. The summed E-state index contributed by atoms with van der Waals surface area (Å²) >= 11 is 0. The van der Waals surface area contributed by atoms with Gasteiger partial charge in [-0.2, -0.15) is 0 Å². The van der Waals surface area contributed by atoms with Crippen LogP contribution in [0.15, 0.2) is 0 Å². The van der Waals surface area contributed by atoms with Crippen LogP contribution in [0.3, 0.4) is 0 Å². The predicted octanol–water partition coefficient (Wildman–Crippen LogP) is -4.98. The molecule has 96 valence electrons. The van der Waals surface area contributed by atoms with E-state index in [9.17, 15) is 0 Å². The van der Waals surface area contributed by atoms with Crippen LogP contribution in [-0.2, 0) is 0 Å². The van der Waals surface area contributed by atoms with Gasteiger partial charge in [-0.15, -0.1) is 0 Å². The Morgan fingerprint density at radius 2 is 0.625 bits per heavy atom. The quantitative estimate of drug-likeness (QED) is 0.187. The third-order valence-corrected chi connectivity index (χ3v) is 0. The molecule has 16 heavy (non-hydrogen) atoms. The molecule has 0 aromatic heterocycles. The van der Waals surface area contributed by atoms with E-state index in [0.717, 1.165) is 0 Å². The highest BCUT2D eigenvalue weighted by molar-refractivity contribution is 6.30. The van der Waals surface area contributed by atoms with Gasteiger partial charge in [-0.3, -0.25) is 0 Å². The Hall–Kier alpha value is -2.25. The minimum atomic E-state index is -2.17. The van der Waals surface area contributed by atoms with Crippen LogP contribution in [-0.4, -0.2) is 40.5 Å². The smallest absolute Gasteiger partial charge is 0.402 e. The maximum atomic E-state index is 9.00. The molecule has 0 fully saturated rings. The molecule has 0 aromatic rings. The number of primary amides is 6. The van der Waals surface area contributed by atoms with Crippen molar-refractivity contribution >= 4 is 25.4 Å². The molecule has 0 rings (SSSR count). The molecule has 0 spiro atoms. The summed E-state index contributed by atoms with van der Waals surface area (Å²) in [6.07, 6.45) is 0. The van der Waals surface area contributed by atoms with Crippen molar-refractivity contribution in [2.24, 2.45) is 34.4 Å². The number of carbonyl (C=O) groups excluding carboxylic acids is 3. The van der Waals surface area contributed by atoms with Gasteiger partial charge in [-0.05, 0) is 0 Å². The average molecular weight is 242 g/mol. The maximum Gasteiger partial charge on any atom is 0.631 e. The van der Waals surface area contributed by atoms with Crippen LogP contribution in [0, 0.1) is 0 Å². The van der Waals surface area contributed by atoms with Crippen LogP contribution in [0.1, 0.15) is 0 Å². The molecule has 0 unspecified atom stereocenters. The standard InChI is InChI=1S/3CH4N2O.BH3O3/c4*2-1(3)4/h3*(H4,2,3,4);2-4H. The summed E-state index contributed by atoms with van der Waals surface area (Å²) in [4.78, 5) is 27.0. The second kappa shape index (κ2) is 18.5. The van der Waals surface area contributed by atoms with E-state index < -0.39 is 25.4 Å². The van der Waals surface area contributed by atoms with Crippen LogP contribution < -0.4 is 34.4 Å². The predicted molar refractivity (Wildman–Crippen MR) is 53.7 cm³/mol. The number of hydrogen-bond acceptors (Lipinski definition) is 6. The zero-order valence-corrected chi connectivity index (χ0v) is 8.11. The molecular formula is C3H15BN6O6. The molecule has 0 saturated heterocycles. The first-order valence-corrected chi connectivity index (χ1v) is 3.12. The van der Waals surface area contributed by atoms with Crippen molar-refractivity contribution in [3.05, 3.63) is 0 Å². The van der Waals surface area contributed by atoms with Crippen LogP contribution in [0.25, 0.3) is 0 Å². The van der Waals surface area contributed by atoms with Crippen molar-refractivity contribution in [3.63, 3.8) is 0 Å². The summed E-state index contributed by atoms with van der Waals surface area (Å²) in [5.41, 5.74) is 25.5. The van der Waals surface area contributed by atoms with Gasteiger partial charge in [0.2, 0.25) is 0 Å². The zero-order chi connectivity index (χ0) is 14.3. The minimum absolute atomic E-state index is 0.833. The summed E-state index contributed by atoms with van der Waals surface area (Å²) in [5.74, 6) is 0. The molecule has 12 nitrogen and oxygen atoms in total. The molecule has 0 aromatic carbocycles. The van der Waals surface area contributed by atoms with Crippen LogP contribution in [0.2, 0.25) is 0 Å². The fourth-order valence-corrected chi connectivity index (χ4v) is 0. The van der Waals surface area contributed by atoms with Gasteiger partial charge in [0.25, 0.3) is 0 Å². The van der Waals surface area contributed by atoms with Gasteiger partial charge >= 0.3 is 25.4 Å². The second-order valence-corrected chi connectivity index (χ2v) is 1.55. The fourth-order valence-electron chi connectivity index (χ4n) is 0. The van der Waals surface area contributed by atoms with Gasteiger partial charge in [-0.1, -0.05) is 0 Å². The van der Waals surface area contributed by atoms with Gasteiger partial charge in [0, 0.05) is 0 Å². The highest BCUT2D eigenvalue weighted by atomic mass is 16.5. The van der Waals surface area contributed by atoms with Crippen molar-refractivity contribution in [2.75, 3.05) is 0 Å². The maximum absolute atomic E-state index is 9.00. The molecule has 0 bridgehead atoms. The molecule has 6 amide bonds. The lowest BCUT2D eigenvalue weighted by atomic mass is 10.3. The lowest BCUT2D eigenvalue weighted by Gasteiger charge is -1.69. The normalized spacial score (nSPS) is 6.19. The number of nitrogens with two attached hydrogens (primary N) is 6. The van der Waals surface area contributed by atoms with Crippen LogP contribution in [0.5, 0.6) is 0 Å². The van der Waals surface area contributed by atoms with E-state index >= 15 is 0 Å². The van der Waals surface area contributed by atoms with E-state index in [2.05, 4.69) is 34.4 Å². The Kier molecular flexibility index (Phi) is 27.2. The average Bonchev–Trinajstić information content (AvgIpc) is 1.76. The largest absolute Gasteiger partial charge is 0.631 e. The molecule has 15 N–H and O–H groups in total. The summed E-state index contributed by atoms with van der Waals surface area (Å²) in [7, 11) is -2.17. The Morgan fingerprint density at radius 1 is 0.625 bits per heavy atom. The first-order chi connectivity index (χ1) is 6.93. The molecule has 0 radical (unpaired) electrons. The lowest BCUT2D eigenvalue weighted by molar-refractivity contribution is 0.255. The number of amides is 6. The summed E-state index contributed by atoms with van der Waals surface area (Å²) in [5, 5.41) is 21.5. The van der Waals surface area contributed by atoms with Gasteiger partial charge < -0.3 is 49.5 Å². The van der Waals surface area contributed by atoms with Gasteiger partial charge in [0.15, 0.2) is 0 Å². The SMILES string of the molecule is NC(N)=O.NC(N)=O.NC(N)=O.OB(O)O. The molecule has 0 aliphatic heterocycles. The van der Waals surface area contributed by atoms with Crippen LogP contribution in [0.4, 0.5) is 14.4 Å². The Bertz CT molecular complexity index is 155. The van der Waals surface area contributed by atoms with Crippen molar-refractivity contribution in [2.45, 2.75) is 0 Å². The van der Waals surface area contributed by atoms with Crippen molar-refractivity contribution in [1.29, 1.82) is 0 Å². The number of hydrogen-bond donors (Lipinski definition) is 9. The highest BCUT2D eigenvalue weighted by Gasteiger charge is 1.92. The molecule has 0 saturated carbocycles. The van der Waals surface area contributed by atoms with E-state index in [1.165, 1.54) is 0 Å². The monoisotopic (exact) mass is 242 g/mol. The van der Waals surface area contributed by atoms with E-state index in [-0.39, 0.29) is 0 Å². The Balaban J connectivity index is -0.0000000600. The Labute approximate surface area is 90.3 Å². The zero-order valence-electron chi connectivity index (χ0n) is 8.11. The van der Waals surface area contributed by atoms with Gasteiger partial charge in [0.05, 0.1) is 0 Å². The third-order valence-electron chi connectivity index (χ3n) is 0. The number of urea groups is 3. The van der Waals surface area contributed by atoms with Crippen molar-refractivity contribution in [3.8, 4) is 0 Å². The molecule has 0 aliphatic carbocycles. The molecule has 0 aliphatic rings. The molecular weight excluding hydrogens is 227 g/mol. The van der Waals surface area contributed by atoms with Crippen LogP contribution >= 0.6 is 0 Å². The highest BCUT2D eigenvalue weighted by Crippen LogP contribution is 1.40.